The number of carbonyl (C=O) groups excluding carboxylic acids is 2. The predicted molar refractivity (Wildman–Crippen MR) is 167 cm³/mol. The fourth-order valence-electron chi connectivity index (χ4n) is 4.50. The molecule has 0 fully saturated rings. The van der Waals surface area contributed by atoms with Crippen LogP contribution in [0.25, 0.3) is 0 Å². The average molecular weight is 619 g/mol. The molecule has 3 aromatic rings. The fraction of sp³-hybridized carbons (Fsp3) is 0.355. The lowest BCUT2D eigenvalue weighted by Crippen LogP contribution is -2.52. The zero-order chi connectivity index (χ0) is 30.2. The second-order valence-corrected chi connectivity index (χ2v) is 13.1. The first kappa shape index (κ1) is 32.4. The van der Waals surface area contributed by atoms with E-state index in [-0.39, 0.29) is 50.2 Å². The van der Waals surface area contributed by atoms with Gasteiger partial charge in [0.15, 0.2) is 0 Å². The van der Waals surface area contributed by atoms with E-state index in [9.17, 15) is 18.0 Å². The molecule has 0 bridgehead atoms. The Morgan fingerprint density at radius 2 is 1.51 bits per heavy atom. The van der Waals surface area contributed by atoms with Crippen LogP contribution in [0, 0.1) is 6.92 Å². The molecule has 2 amide bonds. The highest BCUT2D eigenvalue weighted by Crippen LogP contribution is 2.28. The molecule has 0 aromatic heterocycles. The van der Waals surface area contributed by atoms with E-state index >= 15 is 0 Å². The molecule has 0 unspecified atom stereocenters. The molecule has 0 heterocycles. The van der Waals surface area contributed by atoms with Crippen molar-refractivity contribution in [2.45, 2.75) is 58.7 Å². The molecule has 1 atom stereocenters. The number of aryl methyl sites for hydroxylation is 1. The van der Waals surface area contributed by atoms with Gasteiger partial charge in [-0.25, -0.2) is 8.42 Å². The summed E-state index contributed by atoms with van der Waals surface area (Å²) >= 11 is 13.0. The van der Waals surface area contributed by atoms with Gasteiger partial charge in [-0.05, 0) is 57.0 Å². The summed E-state index contributed by atoms with van der Waals surface area (Å²) in [5, 5.41) is 3.73. The third-order valence-corrected chi connectivity index (χ3v) is 8.47. The third kappa shape index (κ3) is 9.48. The van der Waals surface area contributed by atoms with Gasteiger partial charge in [-0.1, -0.05) is 77.3 Å². The van der Waals surface area contributed by atoms with Crippen LogP contribution in [-0.4, -0.2) is 50.0 Å². The summed E-state index contributed by atoms with van der Waals surface area (Å²) in [6.07, 6.45) is 1.69. The quantitative estimate of drug-likeness (QED) is 0.254. The highest BCUT2D eigenvalue weighted by molar-refractivity contribution is 7.92. The van der Waals surface area contributed by atoms with E-state index in [1.807, 2.05) is 63.2 Å². The molecule has 3 rings (SSSR count). The highest BCUT2D eigenvalue weighted by Gasteiger charge is 2.31. The number of nitrogens with one attached hydrogen (secondary N) is 1. The summed E-state index contributed by atoms with van der Waals surface area (Å²) < 4.78 is 26.5. The number of carbonyl (C=O) groups is 2. The van der Waals surface area contributed by atoms with Gasteiger partial charge >= 0.3 is 0 Å². The lowest BCUT2D eigenvalue weighted by molar-refractivity contribution is -0.141. The van der Waals surface area contributed by atoms with Crippen LogP contribution < -0.4 is 9.62 Å². The van der Waals surface area contributed by atoms with Gasteiger partial charge in [0, 0.05) is 47.6 Å². The van der Waals surface area contributed by atoms with Crippen molar-refractivity contribution in [2.24, 2.45) is 0 Å². The average Bonchev–Trinajstić information content (AvgIpc) is 2.90. The maximum atomic E-state index is 13.9. The van der Waals surface area contributed by atoms with Gasteiger partial charge in [0.05, 0.1) is 11.9 Å². The maximum absolute atomic E-state index is 13.9. The molecule has 41 heavy (non-hydrogen) atoms. The number of rotatable bonds is 13. The van der Waals surface area contributed by atoms with E-state index in [4.69, 9.17) is 23.2 Å². The van der Waals surface area contributed by atoms with E-state index in [1.165, 1.54) is 9.21 Å². The summed E-state index contributed by atoms with van der Waals surface area (Å²) in [4.78, 5) is 28.9. The second-order valence-electron chi connectivity index (χ2n) is 10.4. The predicted octanol–water partition coefficient (Wildman–Crippen LogP) is 6.01. The Kier molecular flexibility index (Phi) is 11.6. The number of halogens is 2. The Morgan fingerprint density at radius 3 is 2.07 bits per heavy atom. The molecule has 220 valence electrons. The molecule has 3 aromatic carbocycles. The minimum atomic E-state index is -3.58. The minimum Gasteiger partial charge on any atom is -0.352 e. The number of hydrogen-bond donors (Lipinski definition) is 1. The summed E-state index contributed by atoms with van der Waals surface area (Å²) in [7, 11) is -3.58. The van der Waals surface area contributed by atoms with Gasteiger partial charge in [0.1, 0.15) is 6.04 Å². The van der Waals surface area contributed by atoms with Crippen molar-refractivity contribution in [1.82, 2.24) is 10.2 Å². The van der Waals surface area contributed by atoms with Crippen molar-refractivity contribution in [2.75, 3.05) is 17.1 Å². The number of benzene rings is 3. The monoisotopic (exact) mass is 617 g/mol. The lowest BCUT2D eigenvalue weighted by atomic mass is 10.0. The molecule has 10 heteroatoms. The van der Waals surface area contributed by atoms with E-state index in [2.05, 4.69) is 5.32 Å². The molecule has 0 spiro atoms. The number of anilines is 1. The zero-order valence-electron chi connectivity index (χ0n) is 23.8. The number of sulfonamides is 1. The van der Waals surface area contributed by atoms with E-state index in [1.54, 1.807) is 30.3 Å². The molecule has 0 aliphatic carbocycles. The highest BCUT2D eigenvalue weighted by atomic mass is 35.5. The van der Waals surface area contributed by atoms with Crippen molar-refractivity contribution < 1.29 is 18.0 Å². The van der Waals surface area contributed by atoms with Crippen molar-refractivity contribution in [3.63, 3.8) is 0 Å². The Morgan fingerprint density at radius 1 is 0.902 bits per heavy atom. The molecule has 0 radical (unpaired) electrons. The van der Waals surface area contributed by atoms with Gasteiger partial charge in [-0.15, -0.1) is 0 Å². The van der Waals surface area contributed by atoms with E-state index < -0.39 is 16.1 Å². The van der Waals surface area contributed by atoms with Crippen molar-refractivity contribution >= 4 is 50.7 Å². The number of nitrogens with zero attached hydrogens (tertiary/aromatic N) is 2. The number of hydrogen-bond acceptors (Lipinski definition) is 4. The van der Waals surface area contributed by atoms with Crippen molar-refractivity contribution in [1.29, 1.82) is 0 Å². The molecule has 0 saturated carbocycles. The molecule has 7 nitrogen and oxygen atoms in total. The first-order chi connectivity index (χ1) is 19.4. The Hall–Kier alpha value is -3.07. The SMILES string of the molecule is Cc1ccc(N(CCCC(=O)N(Cc2c(Cl)cccc2Cl)[C@@H](Cc2ccccc2)C(=O)NC(C)C)S(C)(=O)=O)cc1. The minimum absolute atomic E-state index is 0.0141. The molecule has 0 aliphatic heterocycles. The molecular weight excluding hydrogens is 581 g/mol. The summed E-state index contributed by atoms with van der Waals surface area (Å²) in [6, 6.07) is 20.8. The summed E-state index contributed by atoms with van der Waals surface area (Å²) in [5.41, 5.74) is 2.97. The summed E-state index contributed by atoms with van der Waals surface area (Å²) in [5.74, 6) is -0.601. The Bertz CT molecular complexity index is 1410. The largest absolute Gasteiger partial charge is 0.352 e. The molecule has 0 saturated heterocycles. The first-order valence-electron chi connectivity index (χ1n) is 13.5. The van der Waals surface area contributed by atoms with Gasteiger partial charge in [0.25, 0.3) is 0 Å². The van der Waals surface area contributed by atoms with Crippen LogP contribution in [0.4, 0.5) is 5.69 Å². The van der Waals surface area contributed by atoms with Gasteiger partial charge in [-0.2, -0.15) is 0 Å². The van der Waals surface area contributed by atoms with Crippen LogP contribution in [0.3, 0.4) is 0 Å². The smallest absolute Gasteiger partial charge is 0.243 e. The lowest BCUT2D eigenvalue weighted by Gasteiger charge is -2.33. The van der Waals surface area contributed by atoms with E-state index in [0.717, 1.165) is 17.4 Å². The normalized spacial score (nSPS) is 12.2. The number of amides is 2. The maximum Gasteiger partial charge on any atom is 0.243 e. The van der Waals surface area contributed by atoms with Gasteiger partial charge < -0.3 is 10.2 Å². The van der Waals surface area contributed by atoms with Crippen LogP contribution >= 0.6 is 23.2 Å². The topological polar surface area (TPSA) is 86.8 Å². The van der Waals surface area contributed by atoms with Gasteiger partial charge in [0.2, 0.25) is 21.8 Å². The Labute approximate surface area is 253 Å². The molecular formula is C31H37Cl2N3O4S. The fourth-order valence-corrected chi connectivity index (χ4v) is 5.99. The van der Waals surface area contributed by atoms with E-state index in [0.29, 0.717) is 21.3 Å². The summed E-state index contributed by atoms with van der Waals surface area (Å²) in [6.45, 7) is 5.77. The molecule has 1 N–H and O–H groups in total. The van der Waals surface area contributed by atoms with Crippen molar-refractivity contribution in [3.8, 4) is 0 Å². The third-order valence-electron chi connectivity index (χ3n) is 6.57. The Balaban J connectivity index is 1.92. The van der Waals surface area contributed by atoms with Crippen LogP contribution in [0.1, 0.15) is 43.4 Å². The second kappa shape index (κ2) is 14.7. The standard InChI is InChI=1S/C31H37Cl2N3O4S/c1-22(2)34-31(38)29(20-24-10-6-5-7-11-24)35(21-26-27(32)12-8-13-28(26)33)30(37)14-9-19-36(41(4,39)40)25-17-15-23(3)16-18-25/h5-8,10-13,15-18,22,29H,9,14,19-21H2,1-4H3,(H,34,38)/t29-/m0/s1. The van der Waals surface area contributed by atoms with Crippen LogP contribution in [0.5, 0.6) is 0 Å². The first-order valence-corrected chi connectivity index (χ1v) is 16.1. The van der Waals surface area contributed by atoms with Crippen molar-refractivity contribution in [3.05, 3.63) is 99.5 Å². The van der Waals surface area contributed by atoms with Crippen LogP contribution in [0.15, 0.2) is 72.8 Å². The molecule has 0 aliphatic rings. The van der Waals surface area contributed by atoms with Crippen LogP contribution in [-0.2, 0) is 32.6 Å². The zero-order valence-corrected chi connectivity index (χ0v) is 26.1. The van der Waals surface area contributed by atoms with Gasteiger partial charge in [-0.3, -0.25) is 13.9 Å². The van der Waals surface area contributed by atoms with Crippen LogP contribution in [0.2, 0.25) is 10.0 Å².